The summed E-state index contributed by atoms with van der Waals surface area (Å²) in [6, 6.07) is 8.27. The number of rotatable bonds is 11. The number of carbonyl (C=O) groups is 3. The third-order valence-corrected chi connectivity index (χ3v) is 7.92. The maximum absolute atomic E-state index is 13.1. The Labute approximate surface area is 242 Å². The van der Waals surface area contributed by atoms with Gasteiger partial charge >= 0.3 is 11.9 Å². The van der Waals surface area contributed by atoms with E-state index in [1.165, 1.54) is 19.1 Å². The van der Waals surface area contributed by atoms with E-state index in [1.807, 2.05) is 6.92 Å². The van der Waals surface area contributed by atoms with Crippen LogP contribution in [0.3, 0.4) is 0 Å². The number of Topliss-reactive ketones (excluding diaryl/α,β-unsaturated/α-hetero) is 1. The minimum Gasteiger partial charge on any atom is -0.494 e. The minimum atomic E-state index is -4.26. The molecule has 0 aliphatic rings. The molecule has 2 N–H and O–H groups in total. The van der Waals surface area contributed by atoms with Gasteiger partial charge in [0.05, 0.1) is 40.1 Å². The molecule has 1 atom stereocenters. The summed E-state index contributed by atoms with van der Waals surface area (Å²) in [4.78, 5) is 40.8. The molecular weight excluding hydrogens is 583 g/mol. The van der Waals surface area contributed by atoms with Gasteiger partial charge in [-0.15, -0.1) is 0 Å². The molecule has 0 radical (unpaired) electrons. The van der Waals surface area contributed by atoms with Crippen molar-refractivity contribution in [3.63, 3.8) is 0 Å². The van der Waals surface area contributed by atoms with Crippen LogP contribution < -0.4 is 9.46 Å². The number of aryl methyl sites for hydroxylation is 1. The van der Waals surface area contributed by atoms with E-state index < -0.39 is 38.7 Å². The maximum atomic E-state index is 13.1. The van der Waals surface area contributed by atoms with Gasteiger partial charge in [-0.3, -0.25) is 9.52 Å². The standard InChI is InChI=1S/C27H28Cl2N2O8S/c1-6-37-18-10-8-17(9-11-18)31-40(35,36)22-12-19(20(28)13-21(22)29)26(33)39-16(5)25(32)24-14(3)23(15(4)30-24)27(34)38-7-2/h8-13,16,30-31H,6-7H2,1-5H3. The Bertz CT molecular complexity index is 1550. The lowest BCUT2D eigenvalue weighted by Crippen LogP contribution is -2.26. The summed E-state index contributed by atoms with van der Waals surface area (Å²) in [6.45, 7) is 8.63. The van der Waals surface area contributed by atoms with Crippen LogP contribution in [0.4, 0.5) is 5.69 Å². The zero-order valence-electron chi connectivity index (χ0n) is 22.4. The number of ether oxygens (including phenoxy) is 3. The molecule has 0 amide bonds. The lowest BCUT2D eigenvalue weighted by atomic mass is 10.1. The van der Waals surface area contributed by atoms with Crippen molar-refractivity contribution in [2.75, 3.05) is 17.9 Å². The van der Waals surface area contributed by atoms with Crippen LogP contribution in [0.15, 0.2) is 41.3 Å². The van der Waals surface area contributed by atoms with Crippen LogP contribution in [-0.4, -0.2) is 50.4 Å². The van der Waals surface area contributed by atoms with Crippen LogP contribution in [0.5, 0.6) is 5.75 Å². The van der Waals surface area contributed by atoms with E-state index in [-0.39, 0.29) is 39.2 Å². The fraction of sp³-hybridized carbons (Fsp3) is 0.296. The predicted octanol–water partition coefficient (Wildman–Crippen LogP) is 5.74. The Morgan fingerprint density at radius 2 is 1.62 bits per heavy atom. The number of anilines is 1. The van der Waals surface area contributed by atoms with E-state index in [2.05, 4.69) is 9.71 Å². The van der Waals surface area contributed by atoms with Gasteiger partial charge in [0.15, 0.2) is 6.10 Å². The number of aromatic nitrogens is 1. The molecule has 0 bridgehead atoms. The number of nitrogens with one attached hydrogen (secondary N) is 2. The molecule has 0 fully saturated rings. The maximum Gasteiger partial charge on any atom is 0.340 e. The molecule has 0 saturated carbocycles. The topological polar surface area (TPSA) is 141 Å². The Morgan fingerprint density at radius 1 is 0.975 bits per heavy atom. The van der Waals surface area contributed by atoms with Crippen LogP contribution in [0, 0.1) is 13.8 Å². The highest BCUT2D eigenvalue weighted by atomic mass is 35.5. The van der Waals surface area contributed by atoms with Crippen molar-refractivity contribution in [3.05, 3.63) is 74.5 Å². The number of esters is 2. The first-order chi connectivity index (χ1) is 18.8. The number of halogens is 2. The highest BCUT2D eigenvalue weighted by Gasteiger charge is 2.29. The van der Waals surface area contributed by atoms with Gasteiger partial charge in [-0.1, -0.05) is 23.2 Å². The zero-order valence-corrected chi connectivity index (χ0v) is 24.7. The lowest BCUT2D eigenvalue weighted by Gasteiger charge is -2.15. The quantitative estimate of drug-likeness (QED) is 0.207. The summed E-state index contributed by atoms with van der Waals surface area (Å²) in [5.41, 5.74) is 0.988. The van der Waals surface area contributed by atoms with E-state index in [9.17, 15) is 22.8 Å². The lowest BCUT2D eigenvalue weighted by molar-refractivity contribution is 0.0316. The van der Waals surface area contributed by atoms with Crippen molar-refractivity contribution >= 4 is 56.6 Å². The Balaban J connectivity index is 1.84. The number of sulfonamides is 1. The summed E-state index contributed by atoms with van der Waals surface area (Å²) in [7, 11) is -4.26. The molecule has 13 heteroatoms. The van der Waals surface area contributed by atoms with E-state index in [0.29, 0.717) is 23.6 Å². The molecule has 3 rings (SSSR count). The van der Waals surface area contributed by atoms with Crippen LogP contribution in [0.25, 0.3) is 0 Å². The molecule has 1 unspecified atom stereocenters. The molecule has 3 aromatic rings. The summed E-state index contributed by atoms with van der Waals surface area (Å²) in [6.07, 6.45) is -1.31. The minimum absolute atomic E-state index is 0.0749. The number of H-pyrrole nitrogens is 1. The molecule has 10 nitrogen and oxygen atoms in total. The molecule has 214 valence electrons. The number of hydrogen-bond donors (Lipinski definition) is 2. The molecule has 0 aliphatic carbocycles. The van der Waals surface area contributed by atoms with E-state index >= 15 is 0 Å². The molecule has 2 aromatic carbocycles. The molecule has 0 aliphatic heterocycles. The molecule has 0 saturated heterocycles. The summed E-state index contributed by atoms with van der Waals surface area (Å²) in [5.74, 6) is -1.69. The summed E-state index contributed by atoms with van der Waals surface area (Å²) < 4.78 is 44.3. The molecule has 0 spiro atoms. The normalized spacial score (nSPS) is 12.0. The molecule has 1 heterocycles. The molecule has 40 heavy (non-hydrogen) atoms. The average Bonchev–Trinajstić information content (AvgIpc) is 3.18. The fourth-order valence-corrected chi connectivity index (χ4v) is 5.78. The second-order valence-electron chi connectivity index (χ2n) is 8.58. The van der Waals surface area contributed by atoms with Gasteiger partial charge in [-0.2, -0.15) is 0 Å². The highest BCUT2D eigenvalue weighted by Crippen LogP contribution is 2.31. The van der Waals surface area contributed by atoms with Gasteiger partial charge in [0, 0.05) is 11.4 Å². The number of carbonyl (C=O) groups excluding carboxylic acids is 3. The second kappa shape index (κ2) is 12.8. The van der Waals surface area contributed by atoms with E-state index in [4.69, 9.17) is 37.4 Å². The number of ketones is 1. The van der Waals surface area contributed by atoms with Crippen molar-refractivity contribution in [3.8, 4) is 5.75 Å². The largest absolute Gasteiger partial charge is 0.494 e. The smallest absolute Gasteiger partial charge is 0.340 e. The van der Waals surface area contributed by atoms with Crippen LogP contribution in [0.1, 0.15) is 63.2 Å². The third-order valence-electron chi connectivity index (χ3n) is 5.77. The van der Waals surface area contributed by atoms with E-state index in [0.717, 1.165) is 12.1 Å². The van der Waals surface area contributed by atoms with Gasteiger partial charge in [0.25, 0.3) is 10.0 Å². The van der Waals surface area contributed by atoms with Crippen LogP contribution in [-0.2, 0) is 19.5 Å². The van der Waals surface area contributed by atoms with Crippen molar-refractivity contribution < 1.29 is 37.0 Å². The van der Waals surface area contributed by atoms with Crippen molar-refractivity contribution in [1.82, 2.24) is 4.98 Å². The number of benzene rings is 2. The van der Waals surface area contributed by atoms with Crippen molar-refractivity contribution in [2.24, 2.45) is 0 Å². The Morgan fingerprint density at radius 3 is 2.23 bits per heavy atom. The van der Waals surface area contributed by atoms with Crippen LogP contribution >= 0.6 is 23.2 Å². The Kier molecular flexibility index (Phi) is 9.88. The fourth-order valence-electron chi connectivity index (χ4n) is 3.87. The average molecular weight is 612 g/mol. The number of aromatic amines is 1. The van der Waals surface area contributed by atoms with Gasteiger partial charge < -0.3 is 19.2 Å². The SMILES string of the molecule is CCOC(=O)c1c(C)[nH]c(C(=O)C(C)OC(=O)c2cc(S(=O)(=O)Nc3ccc(OCC)cc3)c(Cl)cc2Cl)c1C. The molecular formula is C27H28Cl2N2O8S. The summed E-state index contributed by atoms with van der Waals surface area (Å²) >= 11 is 12.4. The monoisotopic (exact) mass is 610 g/mol. The first-order valence-electron chi connectivity index (χ1n) is 12.2. The van der Waals surface area contributed by atoms with Crippen LogP contribution in [0.2, 0.25) is 10.0 Å². The van der Waals surface area contributed by atoms with Gasteiger partial charge in [0.2, 0.25) is 5.78 Å². The Hall–Kier alpha value is -3.54. The number of hydrogen-bond acceptors (Lipinski definition) is 8. The third kappa shape index (κ3) is 6.78. The molecule has 1 aromatic heterocycles. The van der Waals surface area contributed by atoms with Crippen molar-refractivity contribution in [1.29, 1.82) is 0 Å². The van der Waals surface area contributed by atoms with Gasteiger partial charge in [-0.25, -0.2) is 18.0 Å². The first kappa shape index (κ1) is 31.0. The van der Waals surface area contributed by atoms with Crippen molar-refractivity contribution in [2.45, 2.75) is 45.6 Å². The van der Waals surface area contributed by atoms with Gasteiger partial charge in [-0.05, 0) is 76.6 Å². The summed E-state index contributed by atoms with van der Waals surface area (Å²) in [5, 5.41) is -0.403. The highest BCUT2D eigenvalue weighted by molar-refractivity contribution is 7.92. The van der Waals surface area contributed by atoms with Gasteiger partial charge in [0.1, 0.15) is 10.6 Å². The second-order valence-corrected chi connectivity index (χ2v) is 11.0. The van der Waals surface area contributed by atoms with E-state index in [1.54, 1.807) is 32.9 Å². The first-order valence-corrected chi connectivity index (χ1v) is 14.4. The predicted molar refractivity (Wildman–Crippen MR) is 150 cm³/mol. The zero-order chi connectivity index (χ0) is 29.8.